The Kier molecular flexibility index (Phi) is 5.88. The lowest BCUT2D eigenvalue weighted by Crippen LogP contribution is -2.38. The molecule has 0 unspecified atom stereocenters. The molecule has 0 amide bonds. The summed E-state index contributed by atoms with van der Waals surface area (Å²) < 4.78 is 13.5. The van der Waals surface area contributed by atoms with Crippen LogP contribution in [0.3, 0.4) is 0 Å². The standard InChI is InChI=1S/C17H25FN2O/c1-19(2)13-14-7-10-20(11-8-14)12-9-17(21)15-5-3-4-6-16(15)18/h3-6,14H,7-13H2,1-2H3. The van der Waals surface area contributed by atoms with Crippen molar-refractivity contribution in [1.29, 1.82) is 0 Å². The first kappa shape index (κ1) is 16.1. The first-order valence-corrected chi connectivity index (χ1v) is 7.71. The van der Waals surface area contributed by atoms with E-state index in [4.69, 9.17) is 0 Å². The van der Waals surface area contributed by atoms with Crippen LogP contribution in [0.1, 0.15) is 29.6 Å². The van der Waals surface area contributed by atoms with Crippen LogP contribution in [0.5, 0.6) is 0 Å². The molecule has 1 aromatic carbocycles. The Labute approximate surface area is 126 Å². The van der Waals surface area contributed by atoms with Gasteiger partial charge in [-0.2, -0.15) is 0 Å². The zero-order valence-corrected chi connectivity index (χ0v) is 13.0. The third kappa shape index (κ3) is 4.90. The van der Waals surface area contributed by atoms with Crippen molar-refractivity contribution in [2.45, 2.75) is 19.3 Å². The highest BCUT2D eigenvalue weighted by atomic mass is 19.1. The Morgan fingerprint density at radius 3 is 2.57 bits per heavy atom. The number of carbonyl (C=O) groups excluding carboxylic acids is 1. The number of likely N-dealkylation sites (tertiary alicyclic amines) is 1. The second-order valence-corrected chi connectivity index (χ2v) is 6.20. The van der Waals surface area contributed by atoms with Gasteiger partial charge in [0.1, 0.15) is 5.82 Å². The van der Waals surface area contributed by atoms with Gasteiger partial charge in [0.15, 0.2) is 5.78 Å². The zero-order chi connectivity index (χ0) is 15.2. The Bertz CT molecular complexity index is 468. The van der Waals surface area contributed by atoms with E-state index in [-0.39, 0.29) is 11.3 Å². The fraction of sp³-hybridized carbons (Fsp3) is 0.588. The molecule has 1 heterocycles. The number of piperidine rings is 1. The molecule has 0 N–H and O–H groups in total. The van der Waals surface area contributed by atoms with Crippen LogP contribution in [0.25, 0.3) is 0 Å². The van der Waals surface area contributed by atoms with Gasteiger partial charge in [0.25, 0.3) is 0 Å². The van der Waals surface area contributed by atoms with E-state index in [2.05, 4.69) is 23.9 Å². The van der Waals surface area contributed by atoms with Crippen molar-refractivity contribution in [1.82, 2.24) is 9.80 Å². The van der Waals surface area contributed by atoms with E-state index in [0.717, 1.165) is 32.1 Å². The van der Waals surface area contributed by atoms with Gasteiger partial charge in [-0.25, -0.2) is 4.39 Å². The lowest BCUT2D eigenvalue weighted by atomic mass is 9.96. The third-order valence-corrected chi connectivity index (χ3v) is 4.16. The summed E-state index contributed by atoms with van der Waals surface area (Å²) in [6, 6.07) is 6.24. The topological polar surface area (TPSA) is 23.6 Å². The highest BCUT2D eigenvalue weighted by Gasteiger charge is 2.20. The minimum atomic E-state index is -0.410. The molecule has 0 saturated carbocycles. The van der Waals surface area contributed by atoms with Crippen LogP contribution < -0.4 is 0 Å². The average Bonchev–Trinajstić information content (AvgIpc) is 2.46. The molecule has 1 saturated heterocycles. The molecule has 0 atom stereocenters. The molecule has 2 rings (SSSR count). The number of benzene rings is 1. The van der Waals surface area contributed by atoms with Crippen molar-refractivity contribution in [2.24, 2.45) is 5.92 Å². The van der Waals surface area contributed by atoms with Crippen LogP contribution in [-0.4, -0.2) is 55.9 Å². The number of hydrogen-bond acceptors (Lipinski definition) is 3. The fourth-order valence-corrected chi connectivity index (χ4v) is 2.99. The van der Waals surface area contributed by atoms with Crippen LogP contribution >= 0.6 is 0 Å². The van der Waals surface area contributed by atoms with Crippen LogP contribution in [0, 0.1) is 11.7 Å². The summed E-state index contributed by atoms with van der Waals surface area (Å²) in [6.45, 7) is 3.97. The molecule has 0 aliphatic carbocycles. The van der Waals surface area contributed by atoms with E-state index in [1.54, 1.807) is 18.2 Å². The molecule has 21 heavy (non-hydrogen) atoms. The molecule has 116 valence electrons. The average molecular weight is 292 g/mol. The van der Waals surface area contributed by atoms with Crippen molar-refractivity contribution in [3.8, 4) is 0 Å². The maximum Gasteiger partial charge on any atom is 0.167 e. The second kappa shape index (κ2) is 7.66. The van der Waals surface area contributed by atoms with E-state index in [1.807, 2.05) is 0 Å². The van der Waals surface area contributed by atoms with Gasteiger partial charge in [-0.15, -0.1) is 0 Å². The molecule has 1 aliphatic rings. The molecule has 0 aromatic heterocycles. The Morgan fingerprint density at radius 1 is 1.29 bits per heavy atom. The summed E-state index contributed by atoms with van der Waals surface area (Å²) in [5, 5.41) is 0. The SMILES string of the molecule is CN(C)CC1CCN(CCC(=O)c2ccccc2F)CC1. The highest BCUT2D eigenvalue weighted by Crippen LogP contribution is 2.18. The van der Waals surface area contributed by atoms with E-state index in [0.29, 0.717) is 6.42 Å². The molecular weight excluding hydrogens is 267 g/mol. The summed E-state index contributed by atoms with van der Waals surface area (Å²) in [5.74, 6) is 0.259. The predicted octanol–water partition coefficient (Wildman–Crippen LogP) is 2.67. The fourth-order valence-electron chi connectivity index (χ4n) is 2.99. The van der Waals surface area contributed by atoms with Crippen molar-refractivity contribution >= 4 is 5.78 Å². The summed E-state index contributed by atoms with van der Waals surface area (Å²) in [7, 11) is 4.22. The van der Waals surface area contributed by atoms with E-state index in [9.17, 15) is 9.18 Å². The molecule has 0 spiro atoms. The van der Waals surface area contributed by atoms with Crippen molar-refractivity contribution < 1.29 is 9.18 Å². The molecule has 1 aromatic rings. The van der Waals surface area contributed by atoms with Gasteiger partial charge < -0.3 is 9.80 Å². The first-order valence-electron chi connectivity index (χ1n) is 7.71. The molecular formula is C17H25FN2O. The smallest absolute Gasteiger partial charge is 0.167 e. The number of Topliss-reactive ketones (excluding diaryl/α,β-unsaturated/α-hetero) is 1. The van der Waals surface area contributed by atoms with Gasteiger partial charge in [0.2, 0.25) is 0 Å². The van der Waals surface area contributed by atoms with Gasteiger partial charge in [-0.05, 0) is 58.1 Å². The third-order valence-electron chi connectivity index (χ3n) is 4.16. The van der Waals surface area contributed by atoms with Crippen molar-refractivity contribution in [3.63, 3.8) is 0 Å². The largest absolute Gasteiger partial charge is 0.309 e. The maximum atomic E-state index is 13.5. The van der Waals surface area contributed by atoms with Gasteiger partial charge in [-0.3, -0.25) is 4.79 Å². The molecule has 1 aliphatic heterocycles. The minimum absolute atomic E-state index is 0.0940. The number of hydrogen-bond donors (Lipinski definition) is 0. The second-order valence-electron chi connectivity index (χ2n) is 6.20. The zero-order valence-electron chi connectivity index (χ0n) is 13.0. The Morgan fingerprint density at radius 2 is 1.95 bits per heavy atom. The van der Waals surface area contributed by atoms with Gasteiger partial charge in [0.05, 0.1) is 5.56 Å². The number of halogens is 1. The number of rotatable bonds is 6. The van der Waals surface area contributed by atoms with Gasteiger partial charge >= 0.3 is 0 Å². The van der Waals surface area contributed by atoms with Crippen LogP contribution in [0.15, 0.2) is 24.3 Å². The Balaban J connectivity index is 1.75. The first-order chi connectivity index (χ1) is 10.1. The maximum absolute atomic E-state index is 13.5. The van der Waals surface area contributed by atoms with Crippen molar-refractivity contribution in [3.05, 3.63) is 35.6 Å². The number of ketones is 1. The minimum Gasteiger partial charge on any atom is -0.309 e. The summed E-state index contributed by atoms with van der Waals surface area (Å²) in [5.41, 5.74) is 0.222. The molecule has 0 bridgehead atoms. The summed E-state index contributed by atoms with van der Waals surface area (Å²) in [6.07, 6.45) is 2.78. The molecule has 1 fully saturated rings. The van der Waals surface area contributed by atoms with Crippen molar-refractivity contribution in [2.75, 3.05) is 40.3 Å². The quantitative estimate of drug-likeness (QED) is 0.753. The van der Waals surface area contributed by atoms with E-state index < -0.39 is 5.82 Å². The predicted molar refractivity (Wildman–Crippen MR) is 83.1 cm³/mol. The van der Waals surface area contributed by atoms with Crippen LogP contribution in [-0.2, 0) is 0 Å². The highest BCUT2D eigenvalue weighted by molar-refractivity contribution is 5.96. The molecule has 3 nitrogen and oxygen atoms in total. The normalized spacial score (nSPS) is 17.3. The summed E-state index contributed by atoms with van der Waals surface area (Å²) in [4.78, 5) is 16.6. The monoisotopic (exact) mass is 292 g/mol. The Hall–Kier alpha value is -1.26. The molecule has 0 radical (unpaired) electrons. The number of carbonyl (C=O) groups is 1. The number of nitrogens with zero attached hydrogens (tertiary/aromatic N) is 2. The lowest BCUT2D eigenvalue weighted by molar-refractivity contribution is 0.0943. The van der Waals surface area contributed by atoms with E-state index in [1.165, 1.54) is 18.9 Å². The van der Waals surface area contributed by atoms with E-state index >= 15 is 0 Å². The lowest BCUT2D eigenvalue weighted by Gasteiger charge is -2.33. The van der Waals surface area contributed by atoms with Crippen LogP contribution in [0.4, 0.5) is 4.39 Å². The molecule has 4 heteroatoms. The van der Waals surface area contributed by atoms with Gasteiger partial charge in [-0.1, -0.05) is 12.1 Å². The van der Waals surface area contributed by atoms with Crippen LogP contribution in [0.2, 0.25) is 0 Å². The van der Waals surface area contributed by atoms with Gasteiger partial charge in [0, 0.05) is 19.5 Å². The summed E-state index contributed by atoms with van der Waals surface area (Å²) >= 11 is 0.